The van der Waals surface area contributed by atoms with Gasteiger partial charge in [0.15, 0.2) is 12.0 Å². The van der Waals surface area contributed by atoms with E-state index in [1.54, 1.807) is 17.1 Å². The maximum absolute atomic E-state index is 13.1. The van der Waals surface area contributed by atoms with Gasteiger partial charge in [-0.25, -0.2) is 0 Å². The largest absolute Gasteiger partial charge is 0.361 e. The number of carbonyl (C=O) groups is 2. The monoisotopic (exact) mass is 448 g/mol. The smallest absolute Gasteiger partial charge is 0.223 e. The highest BCUT2D eigenvalue weighted by molar-refractivity contribution is 5.97. The number of hydrogen-bond acceptors (Lipinski definition) is 5. The Morgan fingerprint density at radius 3 is 2.70 bits per heavy atom. The number of benzene rings is 1. The molecule has 1 aromatic carbocycles. The van der Waals surface area contributed by atoms with Crippen molar-refractivity contribution in [2.45, 2.75) is 51.9 Å². The molecule has 1 aromatic heterocycles. The van der Waals surface area contributed by atoms with E-state index < -0.39 is 0 Å². The van der Waals surface area contributed by atoms with Crippen LogP contribution in [0.4, 0.5) is 0 Å². The van der Waals surface area contributed by atoms with Crippen LogP contribution in [0.25, 0.3) is 6.08 Å². The Labute approximate surface area is 194 Å². The maximum Gasteiger partial charge on any atom is 0.223 e. The lowest BCUT2D eigenvalue weighted by molar-refractivity contribution is -0.134. The summed E-state index contributed by atoms with van der Waals surface area (Å²) in [5.41, 5.74) is 4.00. The van der Waals surface area contributed by atoms with Gasteiger partial charge in [-0.05, 0) is 41.9 Å². The van der Waals surface area contributed by atoms with Crippen LogP contribution < -0.4 is 5.32 Å². The summed E-state index contributed by atoms with van der Waals surface area (Å²) < 4.78 is 7.46. The van der Waals surface area contributed by atoms with E-state index in [9.17, 15) is 9.59 Å². The van der Waals surface area contributed by atoms with Gasteiger partial charge in [0, 0.05) is 44.4 Å². The fourth-order valence-corrected chi connectivity index (χ4v) is 5.15. The van der Waals surface area contributed by atoms with Crippen molar-refractivity contribution in [2.24, 2.45) is 18.4 Å². The number of nitrogens with zero attached hydrogens (tertiary/aromatic N) is 3. The quantitative estimate of drug-likeness (QED) is 0.539. The predicted octanol–water partition coefficient (Wildman–Crippen LogP) is 3.69. The van der Waals surface area contributed by atoms with E-state index in [1.165, 1.54) is 11.1 Å². The second-order valence-electron chi connectivity index (χ2n) is 10.4. The van der Waals surface area contributed by atoms with Crippen LogP contribution in [0.3, 0.4) is 0 Å². The molecular weight excluding hydrogens is 416 g/mol. The molecule has 3 aliphatic heterocycles. The summed E-state index contributed by atoms with van der Waals surface area (Å²) in [6.45, 7) is 5.57. The Morgan fingerprint density at radius 1 is 1.21 bits per heavy atom. The fourth-order valence-electron chi connectivity index (χ4n) is 5.15. The molecule has 0 bridgehead atoms. The van der Waals surface area contributed by atoms with E-state index in [-0.39, 0.29) is 35.4 Å². The van der Waals surface area contributed by atoms with Crippen molar-refractivity contribution >= 4 is 17.8 Å². The molecule has 0 spiro atoms. The van der Waals surface area contributed by atoms with Crippen LogP contribution in [0, 0.1) is 11.3 Å². The van der Waals surface area contributed by atoms with Gasteiger partial charge < -0.3 is 15.0 Å². The molecule has 2 aromatic rings. The molecular formula is C26H32N4O3. The van der Waals surface area contributed by atoms with E-state index in [2.05, 4.69) is 42.5 Å². The van der Waals surface area contributed by atoms with Gasteiger partial charge in [-0.2, -0.15) is 5.10 Å². The first kappa shape index (κ1) is 21.9. The van der Waals surface area contributed by atoms with Crippen LogP contribution in [-0.2, 0) is 16.6 Å². The zero-order chi connectivity index (χ0) is 23.2. The Balaban J connectivity index is 1.17. The van der Waals surface area contributed by atoms with E-state index in [1.807, 2.05) is 24.1 Å². The molecule has 1 amide bonds. The van der Waals surface area contributed by atoms with Gasteiger partial charge in [-0.3, -0.25) is 14.3 Å². The first-order chi connectivity index (χ1) is 15.8. The summed E-state index contributed by atoms with van der Waals surface area (Å²) in [6, 6.07) is 8.34. The number of aryl methyl sites for hydroxylation is 1. The average molecular weight is 449 g/mol. The van der Waals surface area contributed by atoms with Crippen molar-refractivity contribution in [2.75, 3.05) is 13.1 Å². The highest BCUT2D eigenvalue weighted by atomic mass is 16.6. The number of ether oxygens (including phenoxy) is 1. The normalized spacial score (nSPS) is 22.5. The number of fused-ring (bicyclic) bond motifs is 3. The number of aromatic nitrogens is 2. The molecule has 0 saturated carbocycles. The van der Waals surface area contributed by atoms with E-state index >= 15 is 0 Å². The van der Waals surface area contributed by atoms with Crippen LogP contribution >= 0.6 is 0 Å². The molecule has 174 valence electrons. The summed E-state index contributed by atoms with van der Waals surface area (Å²) in [7, 11) is 1.81. The number of rotatable bonds is 6. The van der Waals surface area contributed by atoms with E-state index in [0.29, 0.717) is 37.9 Å². The summed E-state index contributed by atoms with van der Waals surface area (Å²) in [6.07, 6.45) is 8.43. The van der Waals surface area contributed by atoms with Gasteiger partial charge in [0.05, 0.1) is 11.8 Å². The number of allylic oxidation sites excluding steroid dienone is 1. The molecule has 33 heavy (non-hydrogen) atoms. The lowest BCUT2D eigenvalue weighted by atomic mass is 9.82. The van der Waals surface area contributed by atoms with Crippen molar-refractivity contribution in [3.63, 3.8) is 0 Å². The van der Waals surface area contributed by atoms with Gasteiger partial charge in [0.2, 0.25) is 5.91 Å². The Hall–Kier alpha value is -2.93. The number of Topliss-reactive ketones (excluding diaryl/α,β-unsaturated/α-hetero) is 1. The Kier molecular flexibility index (Phi) is 5.60. The van der Waals surface area contributed by atoms with E-state index in [0.717, 1.165) is 12.1 Å². The van der Waals surface area contributed by atoms with Crippen molar-refractivity contribution in [3.05, 3.63) is 59.0 Å². The highest BCUT2D eigenvalue weighted by Gasteiger charge is 2.43. The third kappa shape index (κ3) is 4.74. The molecule has 1 N–H and O–H groups in total. The minimum atomic E-state index is -0.192. The molecule has 3 aliphatic rings. The molecule has 0 aliphatic carbocycles. The van der Waals surface area contributed by atoms with Crippen LogP contribution in [0.15, 0.2) is 42.4 Å². The molecule has 2 atom stereocenters. The molecule has 4 heterocycles. The number of nitrogens with one attached hydrogen (secondary N) is 1. The SMILES string of the molecule is Cn1cc(C(=O)C2CCN(C(=O)CC(C)(C)CC3=Cc4ccccc4C4OC4N3)CC2)cn1. The van der Waals surface area contributed by atoms with Crippen LogP contribution in [0.1, 0.15) is 67.1 Å². The molecule has 7 heteroatoms. The lowest BCUT2D eigenvalue weighted by Gasteiger charge is -2.34. The zero-order valence-corrected chi connectivity index (χ0v) is 19.6. The predicted molar refractivity (Wildman–Crippen MR) is 125 cm³/mol. The van der Waals surface area contributed by atoms with Crippen molar-refractivity contribution in [1.82, 2.24) is 20.0 Å². The lowest BCUT2D eigenvalue weighted by Crippen LogP contribution is -2.42. The number of likely N-dealkylation sites (tertiary alicyclic amines) is 1. The van der Waals surface area contributed by atoms with Crippen LogP contribution in [0.5, 0.6) is 0 Å². The number of epoxide rings is 1. The Bertz CT molecular complexity index is 1090. The summed E-state index contributed by atoms with van der Waals surface area (Å²) in [5, 5.41) is 7.62. The van der Waals surface area contributed by atoms with Crippen molar-refractivity contribution in [3.8, 4) is 0 Å². The molecule has 0 radical (unpaired) electrons. The second-order valence-corrected chi connectivity index (χ2v) is 10.4. The average Bonchev–Trinajstić information content (AvgIpc) is 3.43. The topological polar surface area (TPSA) is 79.8 Å². The van der Waals surface area contributed by atoms with Crippen LogP contribution in [-0.4, -0.2) is 45.7 Å². The molecule has 7 nitrogen and oxygen atoms in total. The molecule has 2 saturated heterocycles. The molecule has 2 unspecified atom stereocenters. The number of amides is 1. The van der Waals surface area contributed by atoms with Crippen molar-refractivity contribution < 1.29 is 14.3 Å². The third-order valence-electron chi connectivity index (χ3n) is 6.96. The third-order valence-corrected chi connectivity index (χ3v) is 6.96. The van der Waals surface area contributed by atoms with Gasteiger partial charge in [0.25, 0.3) is 0 Å². The van der Waals surface area contributed by atoms with Gasteiger partial charge in [0.1, 0.15) is 6.10 Å². The van der Waals surface area contributed by atoms with Crippen molar-refractivity contribution in [1.29, 1.82) is 0 Å². The number of ketones is 1. The van der Waals surface area contributed by atoms with Gasteiger partial charge >= 0.3 is 0 Å². The number of piperidine rings is 1. The van der Waals surface area contributed by atoms with Gasteiger partial charge in [-0.15, -0.1) is 0 Å². The first-order valence-electron chi connectivity index (χ1n) is 11.8. The molecule has 5 rings (SSSR count). The Morgan fingerprint density at radius 2 is 1.97 bits per heavy atom. The number of carbonyl (C=O) groups excluding carboxylic acids is 2. The summed E-state index contributed by atoms with van der Waals surface area (Å²) in [5.74, 6) is 0.281. The number of hydrogen-bond donors (Lipinski definition) is 1. The standard InChI is InChI=1S/C26H32N4O3/c1-26(2,13-20-12-18-6-4-5-7-21(18)24-25(28-20)33-24)14-22(31)30-10-8-17(9-11-30)23(32)19-15-27-29(3)16-19/h4-7,12,15-17,24-25,28H,8-11,13-14H2,1-3H3. The first-order valence-corrected chi connectivity index (χ1v) is 11.8. The zero-order valence-electron chi connectivity index (χ0n) is 19.6. The fraction of sp³-hybridized carbons (Fsp3) is 0.500. The second kappa shape index (κ2) is 8.45. The van der Waals surface area contributed by atoms with Crippen LogP contribution in [0.2, 0.25) is 0 Å². The minimum absolute atomic E-state index is 0.0295. The summed E-state index contributed by atoms with van der Waals surface area (Å²) >= 11 is 0. The van der Waals surface area contributed by atoms with Gasteiger partial charge in [-0.1, -0.05) is 38.1 Å². The summed E-state index contributed by atoms with van der Waals surface area (Å²) in [4.78, 5) is 27.7. The minimum Gasteiger partial charge on any atom is -0.361 e. The van der Waals surface area contributed by atoms with E-state index in [4.69, 9.17) is 4.74 Å². The maximum atomic E-state index is 13.1. The molecule has 2 fully saturated rings. The highest BCUT2D eigenvalue weighted by Crippen LogP contribution is 2.43.